The van der Waals surface area contributed by atoms with Gasteiger partial charge in [0.15, 0.2) is 0 Å². The Labute approximate surface area is 124 Å². The van der Waals surface area contributed by atoms with Crippen LogP contribution in [-0.4, -0.2) is 33.8 Å². The Bertz CT molecular complexity index is 421. The summed E-state index contributed by atoms with van der Waals surface area (Å²) >= 11 is 1.72. The van der Waals surface area contributed by atoms with Gasteiger partial charge in [-0.1, -0.05) is 30.3 Å². The molecule has 0 aromatic heterocycles. The third-order valence-electron chi connectivity index (χ3n) is 4.01. The summed E-state index contributed by atoms with van der Waals surface area (Å²) in [7, 11) is 0. The van der Waals surface area contributed by atoms with Crippen molar-refractivity contribution in [2.24, 2.45) is 5.92 Å². The quantitative estimate of drug-likeness (QED) is 0.791. The Morgan fingerprint density at radius 3 is 2.65 bits per heavy atom. The van der Waals surface area contributed by atoms with Crippen LogP contribution in [0.1, 0.15) is 37.2 Å². The van der Waals surface area contributed by atoms with Gasteiger partial charge < -0.3 is 10.2 Å². The zero-order chi connectivity index (χ0) is 14.4. The predicted octanol–water partition coefficient (Wildman–Crippen LogP) is 3.14. The van der Waals surface area contributed by atoms with Gasteiger partial charge in [0.05, 0.1) is 5.92 Å². The maximum Gasteiger partial charge on any atom is 0.307 e. The molecule has 0 aliphatic heterocycles. The predicted molar refractivity (Wildman–Crippen MR) is 82.1 cm³/mol. The molecule has 0 saturated heterocycles. The number of carboxylic acid groups (broad SMARTS) is 1. The molecule has 0 heterocycles. The molecule has 1 aromatic carbocycles. The number of hydrogen-bond acceptors (Lipinski definition) is 3. The Kier molecular flexibility index (Phi) is 5.92. The number of aliphatic hydroxyl groups is 1. The van der Waals surface area contributed by atoms with Crippen molar-refractivity contribution in [1.29, 1.82) is 0 Å². The zero-order valence-corrected chi connectivity index (χ0v) is 12.4. The lowest BCUT2D eigenvalue weighted by Gasteiger charge is -2.34. The van der Waals surface area contributed by atoms with Crippen LogP contribution < -0.4 is 0 Å². The highest BCUT2D eigenvalue weighted by Gasteiger charge is 2.35. The molecule has 20 heavy (non-hydrogen) atoms. The maximum absolute atomic E-state index is 11.4. The van der Waals surface area contributed by atoms with Crippen LogP contribution in [0.15, 0.2) is 30.3 Å². The highest BCUT2D eigenvalue weighted by molar-refractivity contribution is 7.99. The number of rotatable bonds is 6. The number of carboxylic acids is 1. The summed E-state index contributed by atoms with van der Waals surface area (Å²) in [4.78, 5) is 11.4. The first-order valence-electron chi connectivity index (χ1n) is 7.22. The van der Waals surface area contributed by atoms with Crippen LogP contribution in [0.5, 0.6) is 0 Å². The largest absolute Gasteiger partial charge is 0.481 e. The van der Waals surface area contributed by atoms with Crippen molar-refractivity contribution in [3.05, 3.63) is 35.9 Å². The van der Waals surface area contributed by atoms with Crippen LogP contribution >= 0.6 is 11.8 Å². The second-order valence-electron chi connectivity index (χ2n) is 5.35. The van der Waals surface area contributed by atoms with Crippen molar-refractivity contribution >= 4 is 17.7 Å². The van der Waals surface area contributed by atoms with E-state index >= 15 is 0 Å². The molecule has 2 rings (SSSR count). The van der Waals surface area contributed by atoms with E-state index in [1.807, 2.05) is 18.2 Å². The number of aliphatic carboxylic acids is 1. The lowest BCUT2D eigenvalue weighted by Crippen LogP contribution is -2.32. The van der Waals surface area contributed by atoms with Crippen LogP contribution in [0, 0.1) is 5.92 Å². The summed E-state index contributed by atoms with van der Waals surface area (Å²) in [5, 5.41) is 18.4. The third-order valence-corrected chi connectivity index (χ3v) is 5.49. The molecule has 1 aliphatic carbocycles. The molecule has 3 nitrogen and oxygen atoms in total. The Morgan fingerprint density at radius 2 is 2.00 bits per heavy atom. The normalized spacial score (nSPS) is 26.4. The monoisotopic (exact) mass is 294 g/mol. The van der Waals surface area contributed by atoms with Gasteiger partial charge in [0.2, 0.25) is 0 Å². The first-order valence-corrected chi connectivity index (χ1v) is 8.27. The molecule has 3 unspecified atom stereocenters. The number of benzene rings is 1. The first-order chi connectivity index (χ1) is 9.72. The van der Waals surface area contributed by atoms with Crippen molar-refractivity contribution in [2.75, 3.05) is 12.4 Å². The number of carbonyl (C=O) groups is 1. The summed E-state index contributed by atoms with van der Waals surface area (Å²) in [6.07, 6.45) is 3.38. The minimum atomic E-state index is -0.669. The zero-order valence-electron chi connectivity index (χ0n) is 11.6. The number of thioether (sulfide) groups is 1. The fourth-order valence-corrected chi connectivity index (χ4v) is 4.37. The fourth-order valence-electron chi connectivity index (χ4n) is 2.92. The molecule has 0 radical (unpaired) electrons. The van der Waals surface area contributed by atoms with Crippen molar-refractivity contribution < 1.29 is 15.0 Å². The Morgan fingerprint density at radius 1 is 1.25 bits per heavy atom. The Balaban J connectivity index is 2.01. The second-order valence-corrected chi connectivity index (χ2v) is 6.70. The van der Waals surface area contributed by atoms with Gasteiger partial charge in [-0.2, -0.15) is 11.8 Å². The van der Waals surface area contributed by atoms with Gasteiger partial charge in [-0.05, 0) is 42.9 Å². The summed E-state index contributed by atoms with van der Waals surface area (Å²) in [5.74, 6) is 0.405. The van der Waals surface area contributed by atoms with Crippen molar-refractivity contribution in [2.45, 2.75) is 36.9 Å². The van der Waals surface area contributed by atoms with E-state index in [9.17, 15) is 9.90 Å². The molecule has 2 N–H and O–H groups in total. The third kappa shape index (κ3) is 4.00. The smallest absolute Gasteiger partial charge is 0.307 e. The van der Waals surface area contributed by atoms with Crippen molar-refractivity contribution in [3.63, 3.8) is 0 Å². The topological polar surface area (TPSA) is 57.5 Å². The minimum Gasteiger partial charge on any atom is -0.481 e. The van der Waals surface area contributed by atoms with E-state index in [1.54, 1.807) is 11.8 Å². The van der Waals surface area contributed by atoms with Crippen molar-refractivity contribution in [3.8, 4) is 0 Å². The van der Waals surface area contributed by atoms with Crippen LogP contribution in [0.4, 0.5) is 0 Å². The van der Waals surface area contributed by atoms with Gasteiger partial charge in [0, 0.05) is 11.9 Å². The van der Waals surface area contributed by atoms with E-state index in [0.29, 0.717) is 5.92 Å². The molecule has 110 valence electrons. The van der Waals surface area contributed by atoms with E-state index in [4.69, 9.17) is 5.11 Å². The first kappa shape index (κ1) is 15.4. The van der Waals surface area contributed by atoms with Gasteiger partial charge in [0.25, 0.3) is 0 Å². The average Bonchev–Trinajstić information content (AvgIpc) is 2.48. The van der Waals surface area contributed by atoms with E-state index in [-0.39, 0.29) is 17.8 Å². The molecule has 1 aromatic rings. The molecular formula is C16H22O3S. The average molecular weight is 294 g/mol. The maximum atomic E-state index is 11.4. The molecule has 0 bridgehead atoms. The van der Waals surface area contributed by atoms with E-state index in [2.05, 4.69) is 12.1 Å². The van der Waals surface area contributed by atoms with Gasteiger partial charge in [-0.25, -0.2) is 0 Å². The molecule has 0 amide bonds. The summed E-state index contributed by atoms with van der Waals surface area (Å²) in [6, 6.07) is 10.4. The Hall–Kier alpha value is -1.00. The van der Waals surface area contributed by atoms with Crippen LogP contribution in [0.2, 0.25) is 0 Å². The van der Waals surface area contributed by atoms with Crippen LogP contribution in [0.3, 0.4) is 0 Å². The van der Waals surface area contributed by atoms with Gasteiger partial charge in [-0.15, -0.1) is 0 Å². The molecule has 1 saturated carbocycles. The van der Waals surface area contributed by atoms with Crippen LogP contribution in [0.25, 0.3) is 0 Å². The molecule has 1 fully saturated rings. The number of hydrogen-bond donors (Lipinski definition) is 2. The lowest BCUT2D eigenvalue weighted by atomic mass is 9.78. The highest BCUT2D eigenvalue weighted by atomic mass is 32.2. The summed E-state index contributed by atoms with van der Waals surface area (Å²) in [6.45, 7) is 0.180. The van der Waals surface area contributed by atoms with Gasteiger partial charge in [0.1, 0.15) is 0 Å². The molecule has 4 heteroatoms. The summed E-state index contributed by atoms with van der Waals surface area (Å²) < 4.78 is 0. The minimum absolute atomic E-state index is 0.165. The van der Waals surface area contributed by atoms with Gasteiger partial charge >= 0.3 is 5.97 Å². The SMILES string of the molecule is O=C(O)C1CCC(c2ccccc2)CC1SCCCO. The van der Waals surface area contributed by atoms with E-state index < -0.39 is 5.97 Å². The molecule has 3 atom stereocenters. The number of aliphatic hydroxyl groups excluding tert-OH is 1. The highest BCUT2D eigenvalue weighted by Crippen LogP contribution is 2.41. The molecule has 0 spiro atoms. The van der Waals surface area contributed by atoms with E-state index in [0.717, 1.165) is 31.4 Å². The van der Waals surface area contributed by atoms with Crippen LogP contribution in [-0.2, 0) is 4.79 Å². The van der Waals surface area contributed by atoms with Crippen molar-refractivity contribution in [1.82, 2.24) is 0 Å². The molecular weight excluding hydrogens is 272 g/mol. The van der Waals surface area contributed by atoms with Gasteiger partial charge in [-0.3, -0.25) is 4.79 Å². The summed E-state index contributed by atoms with van der Waals surface area (Å²) in [5.41, 5.74) is 1.32. The second kappa shape index (κ2) is 7.70. The lowest BCUT2D eigenvalue weighted by molar-refractivity contribution is -0.142. The van der Waals surface area contributed by atoms with E-state index in [1.165, 1.54) is 5.56 Å². The fraction of sp³-hybridized carbons (Fsp3) is 0.562. The standard InChI is InChI=1S/C16H22O3S/c17-9-4-10-20-15-11-13(7-8-14(15)16(18)19)12-5-2-1-3-6-12/h1-3,5-6,13-15,17H,4,7-11H2,(H,18,19). The molecule has 1 aliphatic rings.